The van der Waals surface area contributed by atoms with Gasteiger partial charge >= 0.3 is 6.15 Å². The van der Waals surface area contributed by atoms with Gasteiger partial charge in [0.25, 0.3) is 0 Å². The molecular weight excluding hydrogens is 228 g/mol. The molecule has 1 aliphatic heterocycles. The van der Waals surface area contributed by atoms with Crippen molar-refractivity contribution in [1.29, 1.82) is 0 Å². The molecule has 1 heterocycles. The topological polar surface area (TPSA) is 40.6 Å². The monoisotopic (exact) mass is 248 g/mol. The third kappa shape index (κ3) is 4.32. The first-order valence-corrected chi connectivity index (χ1v) is 6.23. The molecule has 1 aromatic carbocycles. The largest absolute Gasteiger partial charge is 0.373 e. The predicted molar refractivity (Wildman–Crippen MR) is 70.5 cm³/mol. The predicted octanol–water partition coefficient (Wildman–Crippen LogP) is 1.42. The average Bonchev–Trinajstić information content (AvgIpc) is 2.41. The fraction of sp³-hybridized carbons (Fsp3) is 0.500. The summed E-state index contributed by atoms with van der Waals surface area (Å²) < 4.78 is 0. The van der Waals surface area contributed by atoms with Crippen molar-refractivity contribution in [2.75, 3.05) is 38.1 Å². The van der Waals surface area contributed by atoms with Gasteiger partial charge in [-0.3, -0.25) is 0 Å². The van der Waals surface area contributed by atoms with E-state index in [0.29, 0.717) is 0 Å². The lowest BCUT2D eigenvalue weighted by Crippen LogP contribution is -2.44. The summed E-state index contributed by atoms with van der Waals surface area (Å²) in [5.74, 6) is 0. The second kappa shape index (κ2) is 7.64. The number of anilines is 1. The number of piperazine rings is 1. The lowest BCUT2D eigenvalue weighted by atomic mass is 10.1. The van der Waals surface area contributed by atoms with Crippen LogP contribution >= 0.6 is 0 Å². The maximum absolute atomic E-state index is 8.12. The number of nitrogens with zero attached hydrogens (tertiary/aromatic N) is 2. The first-order valence-electron chi connectivity index (χ1n) is 6.23. The zero-order valence-corrected chi connectivity index (χ0v) is 11.1. The molecule has 0 N–H and O–H groups in total. The van der Waals surface area contributed by atoms with Gasteiger partial charge < -0.3 is 9.80 Å². The van der Waals surface area contributed by atoms with Crippen molar-refractivity contribution in [3.63, 3.8) is 0 Å². The van der Waals surface area contributed by atoms with E-state index in [0.717, 1.165) is 19.5 Å². The molecule has 0 radical (unpaired) electrons. The molecule has 2 rings (SSSR count). The lowest BCUT2D eigenvalue weighted by molar-refractivity contribution is -0.191. The summed E-state index contributed by atoms with van der Waals surface area (Å²) in [5, 5.41) is 0. The Bertz CT molecular complexity index is 375. The maximum atomic E-state index is 8.12. The van der Waals surface area contributed by atoms with E-state index in [1.165, 1.54) is 24.3 Å². The summed E-state index contributed by atoms with van der Waals surface area (Å²) in [6.45, 7) is 6.86. The van der Waals surface area contributed by atoms with Crippen LogP contribution in [0.5, 0.6) is 0 Å². The minimum Gasteiger partial charge on any atom is -0.369 e. The highest BCUT2D eigenvalue weighted by molar-refractivity contribution is 5.48. The lowest BCUT2D eigenvalue weighted by Gasteiger charge is -2.34. The van der Waals surface area contributed by atoms with Crippen LogP contribution in [0.2, 0.25) is 0 Å². The normalized spacial score (nSPS) is 15.6. The van der Waals surface area contributed by atoms with E-state index in [2.05, 4.69) is 48.0 Å². The molecule has 18 heavy (non-hydrogen) atoms. The summed E-state index contributed by atoms with van der Waals surface area (Å²) in [6.07, 6.45) is 1.38. The second-order valence-electron chi connectivity index (χ2n) is 4.39. The van der Waals surface area contributed by atoms with Gasteiger partial charge in [-0.1, -0.05) is 19.1 Å². The molecule has 0 bridgehead atoms. The van der Waals surface area contributed by atoms with Gasteiger partial charge in [-0.25, -0.2) is 0 Å². The molecular formula is C14H20N2O2. The number of aryl methyl sites for hydroxylation is 1. The Morgan fingerprint density at radius 1 is 1.06 bits per heavy atom. The van der Waals surface area contributed by atoms with Gasteiger partial charge in [-0.05, 0) is 31.2 Å². The van der Waals surface area contributed by atoms with E-state index >= 15 is 0 Å². The standard InChI is InChI=1S/C13H20N2.CO2/c1-3-12-4-6-13(7-5-12)15-10-8-14(2)9-11-15;2-1-3/h4-7H,3,8-11H2,1-2H3;. The Morgan fingerprint density at radius 2 is 1.56 bits per heavy atom. The van der Waals surface area contributed by atoms with Crippen molar-refractivity contribution in [3.05, 3.63) is 29.8 Å². The molecule has 0 atom stereocenters. The molecule has 0 spiro atoms. The molecule has 98 valence electrons. The van der Waals surface area contributed by atoms with Gasteiger partial charge in [0.15, 0.2) is 0 Å². The summed E-state index contributed by atoms with van der Waals surface area (Å²) in [5.41, 5.74) is 2.80. The summed E-state index contributed by atoms with van der Waals surface area (Å²) in [6, 6.07) is 9.00. The highest BCUT2D eigenvalue weighted by atomic mass is 16.2. The van der Waals surface area contributed by atoms with Crippen molar-refractivity contribution >= 4 is 11.8 Å². The molecule has 0 aromatic heterocycles. The Kier molecular flexibility index (Phi) is 6.12. The van der Waals surface area contributed by atoms with E-state index in [1.807, 2.05) is 0 Å². The number of carbonyl (C=O) groups excluding carboxylic acids is 2. The van der Waals surface area contributed by atoms with E-state index in [1.54, 1.807) is 0 Å². The Balaban J connectivity index is 0.000000492. The van der Waals surface area contributed by atoms with Crippen LogP contribution in [0, 0.1) is 0 Å². The van der Waals surface area contributed by atoms with Crippen LogP contribution in [-0.4, -0.2) is 44.3 Å². The molecule has 0 aliphatic carbocycles. The van der Waals surface area contributed by atoms with Crippen LogP contribution in [0.3, 0.4) is 0 Å². The van der Waals surface area contributed by atoms with Crippen LogP contribution in [0.15, 0.2) is 24.3 Å². The fourth-order valence-electron chi connectivity index (χ4n) is 2.01. The van der Waals surface area contributed by atoms with Gasteiger partial charge in [0, 0.05) is 31.9 Å². The number of likely N-dealkylation sites (N-methyl/N-ethyl adjacent to an activating group) is 1. The van der Waals surface area contributed by atoms with Crippen LogP contribution in [-0.2, 0) is 16.0 Å². The first-order chi connectivity index (χ1) is 8.71. The number of benzene rings is 1. The van der Waals surface area contributed by atoms with Crippen molar-refractivity contribution < 1.29 is 9.59 Å². The number of rotatable bonds is 2. The quantitative estimate of drug-likeness (QED) is 0.793. The number of hydrogen-bond donors (Lipinski definition) is 0. The van der Waals surface area contributed by atoms with Crippen LogP contribution in [0.1, 0.15) is 12.5 Å². The third-order valence-corrected chi connectivity index (χ3v) is 3.21. The van der Waals surface area contributed by atoms with E-state index in [-0.39, 0.29) is 6.15 Å². The molecule has 1 aromatic rings. The van der Waals surface area contributed by atoms with Crippen LogP contribution in [0.25, 0.3) is 0 Å². The molecule has 1 aliphatic rings. The second-order valence-corrected chi connectivity index (χ2v) is 4.39. The highest BCUT2D eigenvalue weighted by Gasteiger charge is 2.13. The molecule has 1 fully saturated rings. The number of hydrogen-bond acceptors (Lipinski definition) is 4. The maximum Gasteiger partial charge on any atom is 0.373 e. The van der Waals surface area contributed by atoms with Gasteiger partial charge in [0.1, 0.15) is 0 Å². The Morgan fingerprint density at radius 3 is 2.00 bits per heavy atom. The molecule has 0 unspecified atom stereocenters. The van der Waals surface area contributed by atoms with Crippen LogP contribution < -0.4 is 4.90 Å². The van der Waals surface area contributed by atoms with Crippen molar-refractivity contribution in [3.8, 4) is 0 Å². The van der Waals surface area contributed by atoms with Crippen molar-refractivity contribution in [2.24, 2.45) is 0 Å². The molecule has 4 heteroatoms. The van der Waals surface area contributed by atoms with Crippen LogP contribution in [0.4, 0.5) is 5.69 Å². The van der Waals surface area contributed by atoms with Gasteiger partial charge in [-0.15, -0.1) is 0 Å². The van der Waals surface area contributed by atoms with E-state index in [4.69, 9.17) is 9.59 Å². The minimum absolute atomic E-state index is 0.250. The van der Waals surface area contributed by atoms with Gasteiger partial charge in [-0.2, -0.15) is 9.59 Å². The smallest absolute Gasteiger partial charge is 0.369 e. The molecule has 4 nitrogen and oxygen atoms in total. The zero-order chi connectivity index (χ0) is 13.4. The van der Waals surface area contributed by atoms with E-state index < -0.39 is 0 Å². The highest BCUT2D eigenvalue weighted by Crippen LogP contribution is 2.17. The Labute approximate surface area is 108 Å². The summed E-state index contributed by atoms with van der Waals surface area (Å²) in [4.78, 5) is 21.1. The Hall–Kier alpha value is -1.64. The van der Waals surface area contributed by atoms with Crippen molar-refractivity contribution in [1.82, 2.24) is 4.90 Å². The van der Waals surface area contributed by atoms with Gasteiger partial charge in [0.05, 0.1) is 0 Å². The summed E-state index contributed by atoms with van der Waals surface area (Å²) in [7, 11) is 2.19. The fourth-order valence-corrected chi connectivity index (χ4v) is 2.01. The average molecular weight is 248 g/mol. The van der Waals surface area contributed by atoms with E-state index in [9.17, 15) is 0 Å². The molecule has 1 saturated heterocycles. The first kappa shape index (κ1) is 14.4. The molecule has 0 amide bonds. The zero-order valence-electron chi connectivity index (χ0n) is 11.1. The SMILES string of the molecule is CCc1ccc(N2CCN(C)CC2)cc1.O=C=O. The molecule has 0 saturated carbocycles. The van der Waals surface area contributed by atoms with Gasteiger partial charge in [0.2, 0.25) is 0 Å². The minimum atomic E-state index is 0.250. The van der Waals surface area contributed by atoms with Crippen molar-refractivity contribution in [2.45, 2.75) is 13.3 Å². The summed E-state index contributed by atoms with van der Waals surface area (Å²) >= 11 is 0. The third-order valence-electron chi connectivity index (χ3n) is 3.21.